The van der Waals surface area contributed by atoms with Gasteiger partial charge in [-0.3, -0.25) is 0 Å². The van der Waals surface area contributed by atoms with Gasteiger partial charge in [0.2, 0.25) is 10.0 Å². The number of nitrogens with two attached hydrogens (primary N) is 2. The molecule has 1 rings (SSSR count). The van der Waals surface area contributed by atoms with E-state index >= 15 is 0 Å². The first-order chi connectivity index (χ1) is 6.45. The van der Waals surface area contributed by atoms with Gasteiger partial charge in [0.25, 0.3) is 0 Å². The quantitative estimate of drug-likeness (QED) is 0.622. The van der Waals surface area contributed by atoms with Gasteiger partial charge in [-0.1, -0.05) is 12.1 Å². The maximum Gasteiger partial charge on any atom is 0.238 e. The van der Waals surface area contributed by atoms with Crippen molar-refractivity contribution in [3.63, 3.8) is 0 Å². The van der Waals surface area contributed by atoms with Crippen LogP contribution < -0.4 is 10.9 Å². The second-order valence-electron chi connectivity index (χ2n) is 2.90. The van der Waals surface area contributed by atoms with E-state index in [0.29, 0.717) is 5.56 Å². The van der Waals surface area contributed by atoms with E-state index in [2.05, 4.69) is 0 Å². The highest BCUT2D eigenvalue weighted by atomic mass is 32.2. The number of sulfonamides is 1. The fourth-order valence-corrected chi connectivity index (χ4v) is 1.53. The van der Waals surface area contributed by atoms with Gasteiger partial charge in [-0.05, 0) is 17.7 Å². The Hall–Kier alpha value is -0.950. The normalized spacial score (nSPS) is 13.9. The number of rotatable bonds is 3. The van der Waals surface area contributed by atoms with Crippen molar-refractivity contribution in [2.45, 2.75) is 10.9 Å². The largest absolute Gasteiger partial charge is 0.394 e. The molecule has 0 heterocycles. The van der Waals surface area contributed by atoms with Gasteiger partial charge >= 0.3 is 0 Å². The molecule has 0 fully saturated rings. The molecule has 6 heteroatoms. The second-order valence-corrected chi connectivity index (χ2v) is 4.46. The van der Waals surface area contributed by atoms with Crippen LogP contribution in [-0.4, -0.2) is 20.1 Å². The van der Waals surface area contributed by atoms with Crippen molar-refractivity contribution in [1.29, 1.82) is 0 Å². The average molecular weight is 216 g/mol. The lowest BCUT2D eigenvalue weighted by Gasteiger charge is -2.08. The maximum atomic E-state index is 10.9. The Morgan fingerprint density at radius 3 is 2.14 bits per heavy atom. The Kier molecular flexibility index (Phi) is 3.22. The van der Waals surface area contributed by atoms with Crippen LogP contribution in [-0.2, 0) is 10.0 Å². The van der Waals surface area contributed by atoms with E-state index in [1.165, 1.54) is 24.3 Å². The Morgan fingerprint density at radius 1 is 1.29 bits per heavy atom. The highest BCUT2D eigenvalue weighted by Crippen LogP contribution is 2.13. The van der Waals surface area contributed by atoms with Crippen molar-refractivity contribution >= 4 is 10.0 Å². The van der Waals surface area contributed by atoms with Crippen molar-refractivity contribution < 1.29 is 13.5 Å². The van der Waals surface area contributed by atoms with Crippen LogP contribution in [0.1, 0.15) is 11.6 Å². The van der Waals surface area contributed by atoms with Gasteiger partial charge in [0.1, 0.15) is 0 Å². The average Bonchev–Trinajstić information content (AvgIpc) is 2.15. The molecule has 0 spiro atoms. The number of benzene rings is 1. The Labute approximate surface area is 82.4 Å². The van der Waals surface area contributed by atoms with Crippen LogP contribution in [0.15, 0.2) is 29.2 Å². The van der Waals surface area contributed by atoms with Gasteiger partial charge in [0, 0.05) is 0 Å². The standard InChI is InChI=1S/C8H12N2O3S/c9-8(5-11)6-1-3-7(4-2-6)14(10,12)13/h1-4,8,11H,5,9H2,(H2,10,12,13)/t8-/m1/s1. The Balaban J connectivity index is 3.01. The van der Waals surface area contributed by atoms with Gasteiger partial charge < -0.3 is 10.8 Å². The summed E-state index contributed by atoms with van der Waals surface area (Å²) in [5, 5.41) is 13.7. The number of hydrogen-bond donors (Lipinski definition) is 3. The van der Waals surface area contributed by atoms with Crippen LogP contribution >= 0.6 is 0 Å². The van der Waals surface area contributed by atoms with Crippen molar-refractivity contribution in [3.05, 3.63) is 29.8 Å². The predicted molar refractivity (Wildman–Crippen MR) is 51.8 cm³/mol. The summed E-state index contributed by atoms with van der Waals surface area (Å²) < 4.78 is 21.8. The third kappa shape index (κ3) is 2.52. The third-order valence-electron chi connectivity index (χ3n) is 1.83. The lowest BCUT2D eigenvalue weighted by molar-refractivity contribution is 0.268. The van der Waals surface area contributed by atoms with Gasteiger partial charge in [-0.2, -0.15) is 0 Å². The molecule has 0 saturated heterocycles. The molecular weight excluding hydrogens is 204 g/mol. The van der Waals surface area contributed by atoms with E-state index < -0.39 is 16.1 Å². The minimum atomic E-state index is -3.66. The minimum absolute atomic E-state index is 0.0337. The zero-order chi connectivity index (χ0) is 10.8. The van der Waals surface area contributed by atoms with E-state index in [1.807, 2.05) is 0 Å². The monoisotopic (exact) mass is 216 g/mol. The molecule has 5 N–H and O–H groups in total. The van der Waals surface area contributed by atoms with Crippen molar-refractivity contribution in [2.75, 3.05) is 6.61 Å². The van der Waals surface area contributed by atoms with Crippen LogP contribution in [0.25, 0.3) is 0 Å². The fourth-order valence-electron chi connectivity index (χ4n) is 1.01. The first-order valence-corrected chi connectivity index (χ1v) is 5.49. The van der Waals surface area contributed by atoms with Crippen LogP contribution in [0.5, 0.6) is 0 Å². The highest BCUT2D eigenvalue weighted by molar-refractivity contribution is 7.89. The Morgan fingerprint density at radius 2 is 1.79 bits per heavy atom. The molecule has 1 aromatic rings. The van der Waals surface area contributed by atoms with Gasteiger partial charge in [-0.15, -0.1) is 0 Å². The molecule has 0 unspecified atom stereocenters. The SMILES string of the molecule is N[C@H](CO)c1ccc(S(N)(=O)=O)cc1. The molecule has 0 aliphatic rings. The molecule has 5 nitrogen and oxygen atoms in total. The zero-order valence-corrected chi connectivity index (χ0v) is 8.24. The molecule has 0 bridgehead atoms. The zero-order valence-electron chi connectivity index (χ0n) is 7.42. The summed E-state index contributed by atoms with van der Waals surface area (Å²) in [6.07, 6.45) is 0. The topological polar surface area (TPSA) is 106 Å². The van der Waals surface area contributed by atoms with Crippen LogP contribution in [0, 0.1) is 0 Å². The van der Waals surface area contributed by atoms with Crippen molar-refractivity contribution in [2.24, 2.45) is 10.9 Å². The molecule has 0 amide bonds. The summed E-state index contributed by atoms with van der Waals surface area (Å²) in [4.78, 5) is 0.0337. The van der Waals surface area contributed by atoms with Crippen LogP contribution in [0.2, 0.25) is 0 Å². The predicted octanol–water partition coefficient (Wildman–Crippen LogP) is -0.674. The molecular formula is C8H12N2O3S. The summed E-state index contributed by atoms with van der Waals surface area (Å²) >= 11 is 0. The summed E-state index contributed by atoms with van der Waals surface area (Å²) in [7, 11) is -3.66. The second kappa shape index (κ2) is 4.05. The van der Waals surface area contributed by atoms with E-state index in [9.17, 15) is 8.42 Å². The van der Waals surface area contributed by atoms with Crippen LogP contribution in [0.4, 0.5) is 0 Å². The van der Waals surface area contributed by atoms with Crippen molar-refractivity contribution in [1.82, 2.24) is 0 Å². The Bertz CT molecular complexity index is 399. The number of aliphatic hydroxyl groups excluding tert-OH is 1. The fraction of sp³-hybridized carbons (Fsp3) is 0.250. The summed E-state index contributed by atoms with van der Waals surface area (Å²) in [5.74, 6) is 0. The van der Waals surface area contributed by atoms with E-state index in [-0.39, 0.29) is 11.5 Å². The van der Waals surface area contributed by atoms with Gasteiger partial charge in [0.15, 0.2) is 0 Å². The molecule has 1 aromatic carbocycles. The third-order valence-corrected chi connectivity index (χ3v) is 2.76. The maximum absolute atomic E-state index is 10.9. The minimum Gasteiger partial charge on any atom is -0.394 e. The van der Waals surface area contributed by atoms with E-state index in [1.54, 1.807) is 0 Å². The van der Waals surface area contributed by atoms with E-state index in [4.69, 9.17) is 16.0 Å². The van der Waals surface area contributed by atoms with Crippen LogP contribution in [0.3, 0.4) is 0 Å². The summed E-state index contributed by atoms with van der Waals surface area (Å²) in [6.45, 7) is -0.186. The highest BCUT2D eigenvalue weighted by Gasteiger charge is 2.09. The van der Waals surface area contributed by atoms with Gasteiger partial charge in [0.05, 0.1) is 17.5 Å². The van der Waals surface area contributed by atoms with Crippen molar-refractivity contribution in [3.8, 4) is 0 Å². The molecule has 0 aromatic heterocycles. The molecule has 1 atom stereocenters. The number of primary sulfonamides is 1. The summed E-state index contributed by atoms with van der Waals surface area (Å²) in [5.41, 5.74) is 6.19. The lowest BCUT2D eigenvalue weighted by atomic mass is 10.1. The molecule has 0 aliphatic carbocycles. The molecule has 14 heavy (non-hydrogen) atoms. The number of aliphatic hydroxyl groups is 1. The smallest absolute Gasteiger partial charge is 0.238 e. The molecule has 0 radical (unpaired) electrons. The molecule has 78 valence electrons. The molecule has 0 aliphatic heterocycles. The summed E-state index contributed by atoms with van der Waals surface area (Å²) in [6, 6.07) is 5.28. The van der Waals surface area contributed by atoms with E-state index in [0.717, 1.165) is 0 Å². The lowest BCUT2D eigenvalue weighted by Crippen LogP contribution is -2.15. The van der Waals surface area contributed by atoms with Gasteiger partial charge in [-0.25, -0.2) is 13.6 Å². The first kappa shape index (κ1) is 11.1. The number of hydrogen-bond acceptors (Lipinski definition) is 4. The first-order valence-electron chi connectivity index (χ1n) is 3.94. The molecule has 0 saturated carbocycles.